The molecule has 0 aromatic carbocycles. The molecule has 3 rings (SSSR count). The Morgan fingerprint density at radius 1 is 1.42 bits per heavy atom. The predicted molar refractivity (Wildman–Crippen MR) is 88.4 cm³/mol. The quantitative estimate of drug-likeness (QED) is 0.885. The predicted octanol–water partition coefficient (Wildman–Crippen LogP) is 1.98. The monoisotopic (exact) mass is 367 g/mol. The van der Waals surface area contributed by atoms with E-state index in [9.17, 15) is 13.7 Å². The van der Waals surface area contributed by atoms with Crippen molar-refractivity contribution in [2.24, 2.45) is 0 Å². The number of anilines is 1. The molecule has 1 N–H and O–H groups in total. The van der Waals surface area contributed by atoms with Gasteiger partial charge < -0.3 is 4.74 Å². The second kappa shape index (κ2) is 6.51. The molecule has 0 radical (unpaired) electrons. The Kier molecular flexibility index (Phi) is 4.58. The molecule has 0 unspecified atom stereocenters. The third kappa shape index (κ3) is 3.15. The van der Waals surface area contributed by atoms with Crippen LogP contribution in [0.2, 0.25) is 0 Å². The number of rotatable bonds is 4. The molecule has 24 heavy (non-hydrogen) atoms. The lowest BCUT2D eigenvalue weighted by atomic mass is 10.1. The van der Waals surface area contributed by atoms with E-state index in [0.29, 0.717) is 23.9 Å². The first kappa shape index (κ1) is 16.9. The Morgan fingerprint density at radius 3 is 2.71 bits per heavy atom. The summed E-state index contributed by atoms with van der Waals surface area (Å²) in [5, 5.41) is 14.2. The molecule has 0 atom stereocenters. The highest BCUT2D eigenvalue weighted by Gasteiger charge is 2.27. The van der Waals surface area contributed by atoms with Gasteiger partial charge in [0.25, 0.3) is 10.0 Å². The van der Waals surface area contributed by atoms with Gasteiger partial charge in [0.2, 0.25) is 0 Å². The number of hydrogen-bond acceptors (Lipinski definition) is 7. The minimum atomic E-state index is -3.82. The summed E-state index contributed by atoms with van der Waals surface area (Å²) in [4.78, 5) is 4.16. The molecule has 8 nitrogen and oxygen atoms in total. The molecule has 1 aliphatic rings. The molecule has 0 amide bonds. The lowest BCUT2D eigenvalue weighted by Gasteiger charge is -2.24. The number of nitrogens with zero attached hydrogens (tertiary/aromatic N) is 4. The molecular weight excluding hydrogens is 350 g/mol. The van der Waals surface area contributed by atoms with Crippen LogP contribution in [0.4, 0.5) is 5.82 Å². The summed E-state index contributed by atoms with van der Waals surface area (Å²) in [5.74, 6) is 0.204. The first-order valence-corrected chi connectivity index (χ1v) is 9.74. The molecule has 3 heterocycles. The van der Waals surface area contributed by atoms with Gasteiger partial charge in [-0.25, -0.2) is 18.1 Å². The van der Waals surface area contributed by atoms with E-state index >= 15 is 0 Å². The van der Waals surface area contributed by atoms with Gasteiger partial charge in [-0.3, -0.25) is 4.72 Å². The SMILES string of the molecule is Cc1nc(C)c(S(=O)(=O)Nc2c(C#N)cnn2C2CCOCC2)s1. The number of nitrogens with one attached hydrogen (secondary N) is 1. The average molecular weight is 367 g/mol. The molecule has 0 bridgehead atoms. The highest BCUT2D eigenvalue weighted by Crippen LogP contribution is 2.30. The summed E-state index contributed by atoms with van der Waals surface area (Å²) in [5.41, 5.74) is 0.643. The Labute approximate surface area is 144 Å². The van der Waals surface area contributed by atoms with Crippen LogP contribution < -0.4 is 4.72 Å². The summed E-state index contributed by atoms with van der Waals surface area (Å²) in [7, 11) is -3.82. The summed E-state index contributed by atoms with van der Waals surface area (Å²) in [6.45, 7) is 4.58. The van der Waals surface area contributed by atoms with E-state index in [1.54, 1.807) is 18.5 Å². The van der Waals surface area contributed by atoms with Gasteiger partial charge in [-0.2, -0.15) is 10.4 Å². The molecule has 128 valence electrons. The fourth-order valence-electron chi connectivity index (χ4n) is 2.69. The number of aryl methyl sites for hydroxylation is 2. The van der Waals surface area contributed by atoms with Crippen LogP contribution in [0.25, 0.3) is 0 Å². The van der Waals surface area contributed by atoms with Crippen molar-refractivity contribution in [1.82, 2.24) is 14.8 Å². The summed E-state index contributed by atoms with van der Waals surface area (Å²) < 4.78 is 35.0. The van der Waals surface area contributed by atoms with Gasteiger partial charge in [0, 0.05) is 13.2 Å². The molecular formula is C14H17N5O3S2. The van der Waals surface area contributed by atoms with Gasteiger partial charge in [-0.05, 0) is 26.7 Å². The zero-order valence-electron chi connectivity index (χ0n) is 13.3. The molecule has 1 aliphatic heterocycles. The van der Waals surface area contributed by atoms with Crippen molar-refractivity contribution in [2.45, 2.75) is 36.9 Å². The van der Waals surface area contributed by atoms with Crippen molar-refractivity contribution < 1.29 is 13.2 Å². The Hall–Kier alpha value is -1.96. The second-order valence-corrected chi connectivity index (χ2v) is 8.60. The van der Waals surface area contributed by atoms with E-state index < -0.39 is 10.0 Å². The van der Waals surface area contributed by atoms with E-state index in [2.05, 4.69) is 14.8 Å². The standard InChI is InChI=1S/C14H17N5O3S2/c1-9-14(23-10(2)17-9)24(20,21)18-13-11(7-15)8-16-19(13)12-3-5-22-6-4-12/h8,12,18H,3-6H2,1-2H3. The summed E-state index contributed by atoms with van der Waals surface area (Å²) >= 11 is 1.10. The Morgan fingerprint density at radius 2 is 2.12 bits per heavy atom. The lowest BCUT2D eigenvalue weighted by molar-refractivity contribution is 0.0669. The van der Waals surface area contributed by atoms with Gasteiger partial charge >= 0.3 is 0 Å². The van der Waals surface area contributed by atoms with Crippen molar-refractivity contribution >= 4 is 27.2 Å². The minimum absolute atomic E-state index is 0.00263. The van der Waals surface area contributed by atoms with Crippen LogP contribution in [-0.4, -0.2) is 36.4 Å². The van der Waals surface area contributed by atoms with E-state index in [4.69, 9.17) is 4.74 Å². The number of hydrogen-bond donors (Lipinski definition) is 1. The van der Waals surface area contributed by atoms with E-state index in [-0.39, 0.29) is 21.6 Å². The number of ether oxygens (including phenoxy) is 1. The maximum absolute atomic E-state index is 12.7. The summed E-state index contributed by atoms with van der Waals surface area (Å²) in [6, 6.07) is 2.00. The Balaban J connectivity index is 1.98. The van der Waals surface area contributed by atoms with E-state index in [0.717, 1.165) is 24.2 Å². The van der Waals surface area contributed by atoms with Crippen LogP contribution in [-0.2, 0) is 14.8 Å². The largest absolute Gasteiger partial charge is 0.381 e. The van der Waals surface area contributed by atoms with E-state index in [1.807, 2.05) is 6.07 Å². The number of aromatic nitrogens is 3. The molecule has 0 saturated carbocycles. The zero-order valence-corrected chi connectivity index (χ0v) is 14.9. The Bertz CT molecular complexity index is 888. The maximum Gasteiger partial charge on any atom is 0.274 e. The first-order chi connectivity index (χ1) is 11.4. The highest BCUT2D eigenvalue weighted by atomic mass is 32.2. The van der Waals surface area contributed by atoms with Crippen molar-refractivity contribution in [3.8, 4) is 6.07 Å². The smallest absolute Gasteiger partial charge is 0.274 e. The average Bonchev–Trinajstić information content (AvgIpc) is 3.10. The van der Waals surface area contributed by atoms with Crippen LogP contribution in [0.1, 0.15) is 35.1 Å². The molecule has 0 aliphatic carbocycles. The fraction of sp³-hybridized carbons (Fsp3) is 0.500. The van der Waals surface area contributed by atoms with Crippen molar-refractivity contribution in [3.63, 3.8) is 0 Å². The molecule has 2 aromatic rings. The normalized spacial score (nSPS) is 16.0. The third-order valence-corrected chi connectivity index (χ3v) is 6.81. The van der Waals surface area contributed by atoms with Crippen LogP contribution in [0.3, 0.4) is 0 Å². The maximum atomic E-state index is 12.7. The van der Waals surface area contributed by atoms with Gasteiger partial charge in [-0.15, -0.1) is 11.3 Å². The van der Waals surface area contributed by atoms with Crippen molar-refractivity contribution in [1.29, 1.82) is 5.26 Å². The number of sulfonamides is 1. The second-order valence-electron chi connectivity index (χ2n) is 5.52. The van der Waals surface area contributed by atoms with Gasteiger partial charge in [0.1, 0.15) is 11.6 Å². The fourth-order valence-corrected chi connectivity index (χ4v) is 5.24. The minimum Gasteiger partial charge on any atom is -0.381 e. The molecule has 1 fully saturated rings. The summed E-state index contributed by atoms with van der Waals surface area (Å²) in [6.07, 6.45) is 2.83. The zero-order chi connectivity index (χ0) is 17.3. The molecule has 2 aromatic heterocycles. The molecule has 0 spiro atoms. The van der Waals surface area contributed by atoms with E-state index in [1.165, 1.54) is 6.20 Å². The van der Waals surface area contributed by atoms with Crippen LogP contribution in [0.15, 0.2) is 10.4 Å². The van der Waals surface area contributed by atoms with Gasteiger partial charge in [0.15, 0.2) is 10.0 Å². The van der Waals surface area contributed by atoms with Crippen molar-refractivity contribution in [3.05, 3.63) is 22.5 Å². The number of thiazole rings is 1. The van der Waals surface area contributed by atoms with Crippen LogP contribution in [0.5, 0.6) is 0 Å². The molecule has 10 heteroatoms. The lowest BCUT2D eigenvalue weighted by Crippen LogP contribution is -2.24. The molecule has 1 saturated heterocycles. The highest BCUT2D eigenvalue weighted by molar-refractivity contribution is 7.94. The third-order valence-electron chi connectivity index (χ3n) is 3.79. The van der Waals surface area contributed by atoms with Crippen LogP contribution >= 0.6 is 11.3 Å². The van der Waals surface area contributed by atoms with Crippen LogP contribution in [0, 0.1) is 25.2 Å². The number of nitriles is 1. The van der Waals surface area contributed by atoms with Crippen molar-refractivity contribution in [2.75, 3.05) is 17.9 Å². The van der Waals surface area contributed by atoms with Gasteiger partial charge in [-0.1, -0.05) is 0 Å². The van der Waals surface area contributed by atoms with Gasteiger partial charge in [0.05, 0.1) is 22.9 Å². The topological polar surface area (TPSA) is 110 Å². The first-order valence-electron chi connectivity index (χ1n) is 7.44.